The number of halogens is 1. The summed E-state index contributed by atoms with van der Waals surface area (Å²) in [6.07, 6.45) is 3.91. The molecule has 0 radical (unpaired) electrons. The van der Waals surface area contributed by atoms with Crippen molar-refractivity contribution in [2.24, 2.45) is 11.8 Å². The third kappa shape index (κ3) is 3.21. The Bertz CT molecular complexity index is 1380. The van der Waals surface area contributed by atoms with E-state index >= 15 is 0 Å². The van der Waals surface area contributed by atoms with Gasteiger partial charge < -0.3 is 9.64 Å². The molecule has 2 saturated heterocycles. The standard InChI is InChI=1S/C28H21ClN2O4/c1-35-20-13-11-19(12-14-20)30-27(33)23-22-15-8-16-4-2-3-5-21(16)31(22)25(24(23)28(30)34)26(32)17-6-9-18(29)10-7-17/h2-15,22-25H,1H3. The molecule has 2 fully saturated rings. The van der Waals surface area contributed by atoms with Crippen LogP contribution in [0, 0.1) is 11.8 Å². The molecule has 0 N–H and O–H groups in total. The van der Waals surface area contributed by atoms with Crippen LogP contribution in [0.4, 0.5) is 11.4 Å². The fourth-order valence-corrected chi connectivity index (χ4v) is 5.71. The van der Waals surface area contributed by atoms with Crippen LogP contribution in [-0.2, 0) is 9.59 Å². The van der Waals surface area contributed by atoms with E-state index in [2.05, 4.69) is 0 Å². The molecule has 4 unspecified atom stereocenters. The van der Waals surface area contributed by atoms with Crippen LogP contribution in [0.2, 0.25) is 5.02 Å². The molecular weight excluding hydrogens is 464 g/mol. The van der Waals surface area contributed by atoms with E-state index in [1.165, 1.54) is 4.90 Å². The maximum atomic E-state index is 13.9. The third-order valence-electron chi connectivity index (χ3n) is 7.14. The predicted octanol–water partition coefficient (Wildman–Crippen LogP) is 4.62. The molecule has 3 aromatic carbocycles. The van der Waals surface area contributed by atoms with Gasteiger partial charge in [0.15, 0.2) is 5.78 Å². The van der Waals surface area contributed by atoms with Crippen molar-refractivity contribution in [2.45, 2.75) is 12.1 Å². The lowest BCUT2D eigenvalue weighted by molar-refractivity contribution is -0.122. The third-order valence-corrected chi connectivity index (χ3v) is 7.39. The van der Waals surface area contributed by atoms with Crippen molar-refractivity contribution in [3.63, 3.8) is 0 Å². The molecule has 3 aliphatic heterocycles. The van der Waals surface area contributed by atoms with E-state index in [0.717, 1.165) is 11.3 Å². The molecule has 0 aliphatic carbocycles. The summed E-state index contributed by atoms with van der Waals surface area (Å²) in [6, 6.07) is 20.0. The highest BCUT2D eigenvalue weighted by atomic mass is 35.5. The largest absolute Gasteiger partial charge is 0.497 e. The Hall–Kier alpha value is -3.90. The topological polar surface area (TPSA) is 66.9 Å². The van der Waals surface area contributed by atoms with Crippen LogP contribution in [0.25, 0.3) is 6.08 Å². The van der Waals surface area contributed by atoms with E-state index in [1.54, 1.807) is 55.6 Å². The quantitative estimate of drug-likeness (QED) is 0.399. The number of carbonyl (C=O) groups is 3. The Kier molecular flexibility index (Phi) is 5.00. The maximum absolute atomic E-state index is 13.9. The van der Waals surface area contributed by atoms with Gasteiger partial charge in [0.25, 0.3) is 0 Å². The highest BCUT2D eigenvalue weighted by molar-refractivity contribution is 6.30. The van der Waals surface area contributed by atoms with Crippen molar-refractivity contribution in [2.75, 3.05) is 16.9 Å². The van der Waals surface area contributed by atoms with E-state index < -0.39 is 23.9 Å². The van der Waals surface area contributed by atoms with E-state index in [4.69, 9.17) is 16.3 Å². The first-order valence-corrected chi connectivity index (χ1v) is 11.7. The van der Waals surface area contributed by atoms with Crippen LogP contribution < -0.4 is 14.5 Å². The van der Waals surface area contributed by atoms with Gasteiger partial charge >= 0.3 is 0 Å². The Morgan fingerprint density at radius 3 is 2.29 bits per heavy atom. The fraction of sp³-hybridized carbons (Fsp3) is 0.179. The molecule has 3 aliphatic rings. The van der Waals surface area contributed by atoms with Gasteiger partial charge in [-0.15, -0.1) is 0 Å². The van der Waals surface area contributed by atoms with Gasteiger partial charge in [-0.05, 0) is 60.2 Å². The van der Waals surface area contributed by atoms with Crippen molar-refractivity contribution >= 4 is 46.6 Å². The number of ketones is 1. The van der Waals surface area contributed by atoms with Crippen LogP contribution in [0.3, 0.4) is 0 Å². The molecule has 3 heterocycles. The number of fused-ring (bicyclic) bond motifs is 5. The minimum absolute atomic E-state index is 0.206. The Balaban J connectivity index is 1.47. The number of para-hydroxylation sites is 1. The lowest BCUT2D eigenvalue weighted by Gasteiger charge is -2.36. The first-order valence-electron chi connectivity index (χ1n) is 11.4. The smallest absolute Gasteiger partial charge is 0.240 e. The summed E-state index contributed by atoms with van der Waals surface area (Å²) >= 11 is 6.05. The van der Waals surface area contributed by atoms with Crippen molar-refractivity contribution in [1.82, 2.24) is 0 Å². The number of imide groups is 1. The Morgan fingerprint density at radius 1 is 0.886 bits per heavy atom. The maximum Gasteiger partial charge on any atom is 0.240 e. The first-order chi connectivity index (χ1) is 17.0. The van der Waals surface area contributed by atoms with E-state index in [-0.39, 0.29) is 17.6 Å². The molecule has 0 spiro atoms. The van der Waals surface area contributed by atoms with Crippen molar-refractivity contribution in [3.05, 3.63) is 95.0 Å². The summed E-state index contributed by atoms with van der Waals surface area (Å²) in [6.45, 7) is 0. The zero-order valence-electron chi connectivity index (χ0n) is 18.8. The van der Waals surface area contributed by atoms with Crippen LogP contribution in [0.5, 0.6) is 5.75 Å². The number of hydrogen-bond donors (Lipinski definition) is 0. The molecule has 6 rings (SSSR count). The second-order valence-corrected chi connectivity index (χ2v) is 9.33. The van der Waals surface area contributed by atoms with Crippen LogP contribution in [-0.4, -0.2) is 36.8 Å². The fourth-order valence-electron chi connectivity index (χ4n) is 5.58. The molecule has 0 saturated carbocycles. The van der Waals surface area contributed by atoms with E-state index in [0.29, 0.717) is 22.0 Å². The van der Waals surface area contributed by atoms with Gasteiger partial charge in [-0.1, -0.05) is 42.0 Å². The van der Waals surface area contributed by atoms with Gasteiger partial charge in [0.1, 0.15) is 11.8 Å². The monoisotopic (exact) mass is 484 g/mol. The SMILES string of the molecule is COc1ccc(N2C(=O)C3C(C2=O)C(C(=O)c2ccc(Cl)cc2)N2c4ccccc4C=CC32)cc1. The van der Waals surface area contributed by atoms with Gasteiger partial charge in [-0.3, -0.25) is 14.4 Å². The number of benzene rings is 3. The molecule has 7 heteroatoms. The first kappa shape index (κ1) is 21.6. The zero-order chi connectivity index (χ0) is 24.3. The zero-order valence-corrected chi connectivity index (χ0v) is 19.6. The number of methoxy groups -OCH3 is 1. The molecule has 0 aromatic heterocycles. The number of ether oxygens (including phenoxy) is 1. The summed E-state index contributed by atoms with van der Waals surface area (Å²) in [5.74, 6) is -1.72. The number of Topliss-reactive ketones (excluding diaryl/α,β-unsaturated/α-hetero) is 1. The van der Waals surface area contributed by atoms with Gasteiger partial charge in [0, 0.05) is 16.3 Å². The summed E-state index contributed by atoms with van der Waals surface area (Å²) < 4.78 is 5.21. The highest BCUT2D eigenvalue weighted by Crippen LogP contribution is 2.49. The lowest BCUT2D eigenvalue weighted by atomic mass is 9.86. The van der Waals surface area contributed by atoms with Crippen LogP contribution >= 0.6 is 11.6 Å². The van der Waals surface area contributed by atoms with Gasteiger partial charge in [0.2, 0.25) is 11.8 Å². The number of carbonyl (C=O) groups excluding carboxylic acids is 3. The Labute approximate surface area is 207 Å². The van der Waals surface area contributed by atoms with Crippen LogP contribution in [0.15, 0.2) is 78.9 Å². The molecule has 4 atom stereocenters. The normalized spacial score (nSPS) is 24.3. The predicted molar refractivity (Wildman–Crippen MR) is 134 cm³/mol. The van der Waals surface area contributed by atoms with Gasteiger partial charge in [-0.25, -0.2) is 4.90 Å². The minimum atomic E-state index is -0.822. The molecule has 3 aromatic rings. The molecule has 0 bridgehead atoms. The molecule has 6 nitrogen and oxygen atoms in total. The summed E-state index contributed by atoms with van der Waals surface area (Å²) in [5.41, 5.74) is 2.72. The number of rotatable bonds is 4. The van der Waals surface area contributed by atoms with Gasteiger partial charge in [-0.2, -0.15) is 0 Å². The van der Waals surface area contributed by atoms with Crippen molar-refractivity contribution in [3.8, 4) is 5.75 Å². The highest BCUT2D eigenvalue weighted by Gasteiger charge is 2.64. The minimum Gasteiger partial charge on any atom is -0.497 e. The van der Waals surface area contributed by atoms with Gasteiger partial charge in [0.05, 0.1) is 30.7 Å². The number of nitrogens with zero attached hydrogens (tertiary/aromatic N) is 2. The lowest BCUT2D eigenvalue weighted by Crippen LogP contribution is -2.48. The molecule has 2 amide bonds. The van der Waals surface area contributed by atoms with Crippen molar-refractivity contribution in [1.29, 1.82) is 0 Å². The summed E-state index contributed by atoms with van der Waals surface area (Å²) in [4.78, 5) is 44.7. The van der Waals surface area contributed by atoms with E-state index in [1.807, 2.05) is 41.3 Å². The second kappa shape index (κ2) is 8.10. The number of hydrogen-bond acceptors (Lipinski definition) is 5. The second-order valence-electron chi connectivity index (χ2n) is 8.89. The average molecular weight is 485 g/mol. The molecular formula is C28H21ClN2O4. The molecule has 174 valence electrons. The van der Waals surface area contributed by atoms with Crippen molar-refractivity contribution < 1.29 is 19.1 Å². The van der Waals surface area contributed by atoms with E-state index in [9.17, 15) is 14.4 Å². The van der Waals surface area contributed by atoms with Crippen LogP contribution in [0.1, 0.15) is 15.9 Å². The summed E-state index contributed by atoms with van der Waals surface area (Å²) in [7, 11) is 1.56. The Morgan fingerprint density at radius 2 is 1.57 bits per heavy atom. The summed E-state index contributed by atoms with van der Waals surface area (Å²) in [5, 5.41) is 0.521. The number of amides is 2. The molecule has 35 heavy (non-hydrogen) atoms. The average Bonchev–Trinajstić information content (AvgIpc) is 3.37. The number of anilines is 2.